The molecule has 0 unspecified atom stereocenters. The molecule has 7 rings (SSSR count). The van der Waals surface area contributed by atoms with E-state index >= 15 is 0 Å². The molecule has 6 bridgehead atoms. The Kier molecular flexibility index (Phi) is 11.4. The van der Waals surface area contributed by atoms with Gasteiger partial charge in [-0.1, -0.05) is 57.9 Å². The molecule has 0 radical (unpaired) electrons. The Hall–Kier alpha value is -5.25. The first kappa shape index (κ1) is 40.9. The SMILES string of the molecule is C=C[C@@H]1C[C@]1(NC(=O)[C@@H]1C[C@@H]2CN1C(=O)[C@H](C(C)(C)C)NC(=O)OCCCCCCc1cccc(c1)-c1nn2nc1-c1ccc(OC)cc1)C(=O)NS(=O)(=O)C1CC1. The fourth-order valence-electron chi connectivity index (χ4n) is 7.91. The minimum atomic E-state index is -3.91. The third-order valence-electron chi connectivity index (χ3n) is 11.6. The number of rotatable bonds is 8. The van der Waals surface area contributed by atoms with Crippen molar-refractivity contribution in [1.82, 2.24) is 35.2 Å². The standard InChI is InChI=1S/C42H53N7O8S/c1-6-29-24-42(29,39(52)47-58(54,55)32-19-20-32)44-37(50)33-23-30-25-48(33)38(51)36(41(2,3)4)43-40(53)57-21-10-8-7-9-12-26-13-11-14-28(22-26)35-34(45-49(30)46-35)27-15-17-31(56-5)18-16-27/h6,11,13-18,22,29-30,32-33,36H,1,7-10,12,19-21,23-25H2,2-5H3,(H,43,53)(H,44,50)(H,47,52)/t29-,30-,33+,36-,42-/m1/s1. The van der Waals surface area contributed by atoms with E-state index in [-0.39, 0.29) is 26.0 Å². The maximum Gasteiger partial charge on any atom is 0.407 e. The molecular weight excluding hydrogens is 763 g/mol. The molecule has 2 aliphatic carbocycles. The Morgan fingerprint density at radius 2 is 1.72 bits per heavy atom. The average molecular weight is 816 g/mol. The van der Waals surface area contributed by atoms with Crippen molar-refractivity contribution in [2.75, 3.05) is 20.3 Å². The second-order valence-electron chi connectivity index (χ2n) is 17.0. The molecule has 4 aliphatic rings. The van der Waals surface area contributed by atoms with Crippen molar-refractivity contribution in [2.24, 2.45) is 11.3 Å². The van der Waals surface area contributed by atoms with E-state index in [0.29, 0.717) is 36.4 Å². The number of sulfonamides is 1. The maximum atomic E-state index is 14.8. The van der Waals surface area contributed by atoms with Gasteiger partial charge in [0.15, 0.2) is 0 Å². The van der Waals surface area contributed by atoms with E-state index in [9.17, 15) is 27.6 Å². The zero-order chi connectivity index (χ0) is 41.4. The van der Waals surface area contributed by atoms with Crippen molar-refractivity contribution < 1.29 is 37.1 Å². The predicted molar refractivity (Wildman–Crippen MR) is 216 cm³/mol. The van der Waals surface area contributed by atoms with Gasteiger partial charge in [-0.25, -0.2) is 13.2 Å². The number of nitrogens with zero attached hydrogens (tertiary/aromatic N) is 4. The van der Waals surface area contributed by atoms with Gasteiger partial charge in [0.25, 0.3) is 5.91 Å². The molecule has 3 N–H and O–H groups in total. The quantitative estimate of drug-likeness (QED) is 0.269. The lowest BCUT2D eigenvalue weighted by Gasteiger charge is -2.35. The average Bonchev–Trinajstić information content (AvgIpc) is 4.08. The number of hydrogen-bond donors (Lipinski definition) is 3. The first-order valence-corrected chi connectivity index (χ1v) is 21.6. The summed E-state index contributed by atoms with van der Waals surface area (Å²) in [6.07, 6.45) is 6.15. The first-order valence-electron chi connectivity index (χ1n) is 20.1. The van der Waals surface area contributed by atoms with E-state index in [0.717, 1.165) is 42.4 Å². The molecular formula is C42H53N7O8S. The van der Waals surface area contributed by atoms with Crippen LogP contribution in [0.4, 0.5) is 4.79 Å². The number of carbonyl (C=O) groups excluding carboxylic acids is 4. The molecule has 58 heavy (non-hydrogen) atoms. The van der Waals surface area contributed by atoms with Gasteiger partial charge in [-0.3, -0.25) is 19.1 Å². The van der Waals surface area contributed by atoms with Gasteiger partial charge in [-0.05, 0) is 79.8 Å². The van der Waals surface area contributed by atoms with Gasteiger partial charge in [0.1, 0.15) is 34.8 Å². The number of nitrogens with one attached hydrogen (secondary N) is 3. The van der Waals surface area contributed by atoms with E-state index in [1.54, 1.807) is 11.9 Å². The number of alkyl carbamates (subject to hydrolysis) is 1. The lowest BCUT2D eigenvalue weighted by Crippen LogP contribution is -2.60. The van der Waals surface area contributed by atoms with Crippen LogP contribution in [0.25, 0.3) is 22.5 Å². The van der Waals surface area contributed by atoms with E-state index in [2.05, 4.69) is 34.1 Å². The molecule has 5 atom stereocenters. The highest BCUT2D eigenvalue weighted by atomic mass is 32.2. The lowest BCUT2D eigenvalue weighted by molar-refractivity contribution is -0.142. The van der Waals surface area contributed by atoms with E-state index in [4.69, 9.17) is 19.7 Å². The Morgan fingerprint density at radius 3 is 2.38 bits per heavy atom. The molecule has 16 heteroatoms. The van der Waals surface area contributed by atoms with Crippen molar-refractivity contribution in [1.29, 1.82) is 0 Å². The van der Waals surface area contributed by atoms with E-state index in [1.165, 1.54) is 11.0 Å². The number of ether oxygens (including phenoxy) is 2. The normalized spacial score (nSPS) is 25.5. The number of fused-ring (bicyclic) bond motifs is 8. The molecule has 0 spiro atoms. The molecule has 2 aliphatic heterocycles. The van der Waals surface area contributed by atoms with Crippen molar-refractivity contribution in [3.05, 3.63) is 66.7 Å². The van der Waals surface area contributed by atoms with Gasteiger partial charge in [0, 0.05) is 30.0 Å². The third-order valence-corrected chi connectivity index (χ3v) is 13.4. The van der Waals surface area contributed by atoms with Crippen LogP contribution in [-0.2, 0) is 35.6 Å². The first-order chi connectivity index (χ1) is 27.6. The number of cyclic esters (lactones) is 1. The van der Waals surface area contributed by atoms with Crippen LogP contribution < -0.4 is 20.1 Å². The summed E-state index contributed by atoms with van der Waals surface area (Å²) in [6.45, 7) is 9.43. The fraction of sp³-hybridized carbons (Fsp3) is 0.524. The largest absolute Gasteiger partial charge is 0.497 e. The second-order valence-corrected chi connectivity index (χ2v) is 18.9. The van der Waals surface area contributed by atoms with E-state index < -0.39 is 74.1 Å². The maximum absolute atomic E-state index is 14.8. The zero-order valence-corrected chi connectivity index (χ0v) is 34.3. The highest BCUT2D eigenvalue weighted by Gasteiger charge is 2.62. The van der Waals surface area contributed by atoms with Gasteiger partial charge < -0.3 is 25.0 Å². The van der Waals surface area contributed by atoms with Crippen LogP contribution in [0.15, 0.2) is 61.2 Å². The number of benzene rings is 2. The molecule has 2 saturated carbocycles. The summed E-state index contributed by atoms with van der Waals surface area (Å²) in [7, 11) is -2.32. The van der Waals surface area contributed by atoms with Gasteiger partial charge in [-0.15, -0.1) is 6.58 Å². The van der Waals surface area contributed by atoms with Gasteiger partial charge in [-0.2, -0.15) is 15.0 Å². The van der Waals surface area contributed by atoms with E-state index in [1.807, 2.05) is 57.2 Å². The summed E-state index contributed by atoms with van der Waals surface area (Å²) in [5.41, 5.74) is 1.66. The number of aryl methyl sites for hydroxylation is 1. The smallest absolute Gasteiger partial charge is 0.407 e. The summed E-state index contributed by atoms with van der Waals surface area (Å²) in [5, 5.41) is 15.0. The van der Waals surface area contributed by atoms with Crippen molar-refractivity contribution >= 4 is 33.8 Å². The Morgan fingerprint density at radius 1 is 1.02 bits per heavy atom. The number of aromatic nitrogens is 3. The number of hydrogen-bond acceptors (Lipinski definition) is 10. The molecule has 1 aromatic heterocycles. The van der Waals surface area contributed by atoms with Gasteiger partial charge in [0.2, 0.25) is 21.8 Å². The minimum absolute atomic E-state index is 0.00339. The Labute approximate surface area is 339 Å². The van der Waals surface area contributed by atoms with Crippen LogP contribution >= 0.6 is 0 Å². The van der Waals surface area contributed by atoms with Gasteiger partial charge >= 0.3 is 6.09 Å². The Balaban J connectivity index is 1.28. The van der Waals surface area contributed by atoms with Crippen LogP contribution in [0.1, 0.15) is 83.7 Å². The van der Waals surface area contributed by atoms with Gasteiger partial charge in [0.05, 0.1) is 25.0 Å². The number of methoxy groups -OCH3 is 1. The molecule has 310 valence electrons. The number of carbonyl (C=O) groups is 4. The predicted octanol–water partition coefficient (Wildman–Crippen LogP) is 4.69. The highest BCUT2D eigenvalue weighted by Crippen LogP contribution is 2.46. The van der Waals surface area contributed by atoms with Crippen LogP contribution in [0.2, 0.25) is 0 Å². The fourth-order valence-corrected chi connectivity index (χ4v) is 9.28. The molecule has 1 saturated heterocycles. The summed E-state index contributed by atoms with van der Waals surface area (Å²) < 4.78 is 38.7. The van der Waals surface area contributed by atoms with Crippen LogP contribution in [-0.4, -0.2) is 95.3 Å². The molecule has 4 amide bonds. The summed E-state index contributed by atoms with van der Waals surface area (Å²) >= 11 is 0. The molecule has 2 aromatic carbocycles. The summed E-state index contributed by atoms with van der Waals surface area (Å²) in [6, 6.07) is 12.8. The minimum Gasteiger partial charge on any atom is -0.497 e. The Bertz CT molecular complexity index is 2180. The molecule has 3 heterocycles. The molecule has 3 fully saturated rings. The third kappa shape index (κ3) is 8.61. The van der Waals surface area contributed by atoms with Crippen LogP contribution in [0.3, 0.4) is 0 Å². The van der Waals surface area contributed by atoms with Crippen molar-refractivity contribution in [3.8, 4) is 28.3 Å². The number of amides is 4. The molecule has 3 aromatic rings. The lowest BCUT2D eigenvalue weighted by atomic mass is 9.85. The van der Waals surface area contributed by atoms with Crippen LogP contribution in [0, 0.1) is 11.3 Å². The monoisotopic (exact) mass is 815 g/mol. The zero-order valence-electron chi connectivity index (χ0n) is 33.5. The van der Waals surface area contributed by atoms with Crippen molar-refractivity contribution in [2.45, 2.75) is 107 Å². The molecule has 15 nitrogen and oxygen atoms in total. The summed E-state index contributed by atoms with van der Waals surface area (Å²) in [5.74, 6) is -1.86. The highest BCUT2D eigenvalue weighted by molar-refractivity contribution is 7.91. The van der Waals surface area contributed by atoms with Crippen molar-refractivity contribution in [3.63, 3.8) is 0 Å². The second kappa shape index (κ2) is 16.2. The summed E-state index contributed by atoms with van der Waals surface area (Å²) in [4.78, 5) is 59.1. The topological polar surface area (TPSA) is 191 Å². The van der Waals surface area contributed by atoms with Crippen LogP contribution in [0.5, 0.6) is 5.75 Å².